The number of thioether (sulfide) groups is 1. The lowest BCUT2D eigenvalue weighted by Gasteiger charge is -2.03. The van der Waals surface area contributed by atoms with Crippen LogP contribution in [0.2, 0.25) is 0 Å². The highest BCUT2D eigenvalue weighted by atomic mass is 32.2. The van der Waals surface area contributed by atoms with E-state index in [0.717, 1.165) is 0 Å². The SMILES string of the molecule is CCCSc1ccc(C)c(C)c1. The lowest BCUT2D eigenvalue weighted by molar-refractivity contribution is 1.10. The molecular weight excluding hydrogens is 164 g/mol. The van der Waals surface area contributed by atoms with Gasteiger partial charge in [0.15, 0.2) is 0 Å². The molecule has 0 saturated carbocycles. The lowest BCUT2D eigenvalue weighted by Crippen LogP contribution is -1.82. The highest BCUT2D eigenvalue weighted by Crippen LogP contribution is 2.21. The Bertz CT molecular complexity index is 253. The summed E-state index contributed by atoms with van der Waals surface area (Å²) in [6.07, 6.45) is 1.25. The topological polar surface area (TPSA) is 0 Å². The molecule has 66 valence electrons. The maximum Gasteiger partial charge on any atom is 0.00747 e. The Labute approximate surface area is 79.4 Å². The Kier molecular flexibility index (Phi) is 3.67. The van der Waals surface area contributed by atoms with E-state index < -0.39 is 0 Å². The minimum atomic E-state index is 1.22. The van der Waals surface area contributed by atoms with Crippen molar-refractivity contribution >= 4 is 11.8 Å². The van der Waals surface area contributed by atoms with E-state index in [1.54, 1.807) is 0 Å². The van der Waals surface area contributed by atoms with Gasteiger partial charge in [0, 0.05) is 4.90 Å². The smallest absolute Gasteiger partial charge is 0.00747 e. The molecule has 0 aromatic heterocycles. The van der Waals surface area contributed by atoms with E-state index in [1.165, 1.54) is 28.2 Å². The molecule has 0 aliphatic carbocycles. The fourth-order valence-electron chi connectivity index (χ4n) is 1.02. The average Bonchev–Trinajstić information content (AvgIpc) is 2.07. The summed E-state index contributed by atoms with van der Waals surface area (Å²) in [6, 6.07) is 6.69. The molecule has 0 nitrogen and oxygen atoms in total. The molecule has 1 aromatic rings. The minimum Gasteiger partial charge on any atom is -0.126 e. The molecular formula is C11H16S. The van der Waals surface area contributed by atoms with Crippen LogP contribution in [0, 0.1) is 13.8 Å². The molecule has 1 heteroatoms. The number of benzene rings is 1. The largest absolute Gasteiger partial charge is 0.126 e. The highest BCUT2D eigenvalue weighted by Gasteiger charge is 1.95. The molecule has 0 aliphatic heterocycles. The van der Waals surface area contributed by atoms with Crippen molar-refractivity contribution in [3.05, 3.63) is 29.3 Å². The van der Waals surface area contributed by atoms with Gasteiger partial charge in [0.05, 0.1) is 0 Å². The van der Waals surface area contributed by atoms with Gasteiger partial charge >= 0.3 is 0 Å². The van der Waals surface area contributed by atoms with E-state index in [4.69, 9.17) is 0 Å². The summed E-state index contributed by atoms with van der Waals surface area (Å²) in [4.78, 5) is 1.40. The zero-order chi connectivity index (χ0) is 8.97. The molecule has 0 amide bonds. The van der Waals surface area contributed by atoms with Crippen LogP contribution in [0.15, 0.2) is 23.1 Å². The summed E-state index contributed by atoms with van der Waals surface area (Å²) in [6.45, 7) is 6.54. The normalized spacial score (nSPS) is 10.2. The highest BCUT2D eigenvalue weighted by molar-refractivity contribution is 7.99. The number of rotatable bonds is 3. The van der Waals surface area contributed by atoms with Gasteiger partial charge in [-0.05, 0) is 49.3 Å². The van der Waals surface area contributed by atoms with E-state index in [0.29, 0.717) is 0 Å². The van der Waals surface area contributed by atoms with Crippen LogP contribution in [0.5, 0.6) is 0 Å². The van der Waals surface area contributed by atoms with E-state index in [9.17, 15) is 0 Å². The first kappa shape index (κ1) is 9.66. The van der Waals surface area contributed by atoms with E-state index >= 15 is 0 Å². The summed E-state index contributed by atoms with van der Waals surface area (Å²) in [5.41, 5.74) is 2.78. The summed E-state index contributed by atoms with van der Waals surface area (Å²) < 4.78 is 0. The van der Waals surface area contributed by atoms with E-state index in [2.05, 4.69) is 39.0 Å². The van der Waals surface area contributed by atoms with Crippen molar-refractivity contribution in [2.24, 2.45) is 0 Å². The van der Waals surface area contributed by atoms with Gasteiger partial charge in [0.25, 0.3) is 0 Å². The van der Waals surface area contributed by atoms with Crippen LogP contribution in [0.4, 0.5) is 0 Å². The summed E-state index contributed by atoms with van der Waals surface area (Å²) in [5, 5.41) is 0. The first-order valence-corrected chi connectivity index (χ1v) is 5.42. The molecule has 0 heterocycles. The van der Waals surface area contributed by atoms with Crippen LogP contribution in [0.1, 0.15) is 24.5 Å². The molecule has 12 heavy (non-hydrogen) atoms. The van der Waals surface area contributed by atoms with Crippen LogP contribution in [-0.4, -0.2) is 5.75 Å². The van der Waals surface area contributed by atoms with Crippen molar-refractivity contribution in [3.8, 4) is 0 Å². The zero-order valence-electron chi connectivity index (χ0n) is 8.05. The molecule has 1 rings (SSSR count). The molecule has 0 saturated heterocycles. The second kappa shape index (κ2) is 4.56. The van der Waals surface area contributed by atoms with Gasteiger partial charge in [0.1, 0.15) is 0 Å². The van der Waals surface area contributed by atoms with Gasteiger partial charge in [0.2, 0.25) is 0 Å². The minimum absolute atomic E-state index is 1.22. The van der Waals surface area contributed by atoms with Crippen LogP contribution in [0.25, 0.3) is 0 Å². The maximum atomic E-state index is 2.27. The Morgan fingerprint density at radius 3 is 2.50 bits per heavy atom. The predicted molar refractivity (Wildman–Crippen MR) is 56.9 cm³/mol. The number of hydrogen-bond acceptors (Lipinski definition) is 1. The third kappa shape index (κ3) is 2.56. The van der Waals surface area contributed by atoms with Crippen molar-refractivity contribution in [2.75, 3.05) is 5.75 Å². The fraction of sp³-hybridized carbons (Fsp3) is 0.455. The van der Waals surface area contributed by atoms with Crippen molar-refractivity contribution in [2.45, 2.75) is 32.1 Å². The summed E-state index contributed by atoms with van der Waals surface area (Å²) >= 11 is 1.94. The summed E-state index contributed by atoms with van der Waals surface area (Å²) in [7, 11) is 0. The second-order valence-electron chi connectivity index (χ2n) is 3.09. The Hall–Kier alpha value is -0.430. The van der Waals surface area contributed by atoms with Crippen LogP contribution < -0.4 is 0 Å². The lowest BCUT2D eigenvalue weighted by atomic mass is 10.1. The van der Waals surface area contributed by atoms with Gasteiger partial charge in [-0.3, -0.25) is 0 Å². The first-order chi connectivity index (χ1) is 5.74. The Balaban J connectivity index is 2.69. The standard InChI is InChI=1S/C11H16S/c1-4-7-12-11-6-5-9(2)10(3)8-11/h5-6,8H,4,7H2,1-3H3. The third-order valence-corrected chi connectivity index (χ3v) is 3.15. The Morgan fingerprint density at radius 1 is 1.17 bits per heavy atom. The summed E-state index contributed by atoms with van der Waals surface area (Å²) in [5.74, 6) is 1.22. The molecule has 0 spiro atoms. The molecule has 0 bridgehead atoms. The quantitative estimate of drug-likeness (QED) is 0.637. The van der Waals surface area contributed by atoms with Crippen LogP contribution >= 0.6 is 11.8 Å². The van der Waals surface area contributed by atoms with Gasteiger partial charge in [-0.15, -0.1) is 11.8 Å². The van der Waals surface area contributed by atoms with Gasteiger partial charge in [-0.25, -0.2) is 0 Å². The third-order valence-electron chi connectivity index (χ3n) is 1.95. The average molecular weight is 180 g/mol. The molecule has 0 unspecified atom stereocenters. The molecule has 0 radical (unpaired) electrons. The molecule has 0 atom stereocenters. The zero-order valence-corrected chi connectivity index (χ0v) is 8.87. The van der Waals surface area contributed by atoms with Crippen molar-refractivity contribution in [3.63, 3.8) is 0 Å². The molecule has 1 aromatic carbocycles. The maximum absolute atomic E-state index is 2.27. The van der Waals surface area contributed by atoms with Crippen molar-refractivity contribution in [1.82, 2.24) is 0 Å². The predicted octanol–water partition coefficient (Wildman–Crippen LogP) is 3.81. The van der Waals surface area contributed by atoms with Gasteiger partial charge < -0.3 is 0 Å². The first-order valence-electron chi connectivity index (χ1n) is 4.44. The number of hydrogen-bond donors (Lipinski definition) is 0. The molecule has 0 fully saturated rings. The van der Waals surface area contributed by atoms with Crippen molar-refractivity contribution in [1.29, 1.82) is 0 Å². The van der Waals surface area contributed by atoms with Crippen LogP contribution in [0.3, 0.4) is 0 Å². The number of aryl methyl sites for hydroxylation is 2. The Morgan fingerprint density at radius 2 is 1.92 bits per heavy atom. The van der Waals surface area contributed by atoms with Crippen molar-refractivity contribution < 1.29 is 0 Å². The van der Waals surface area contributed by atoms with E-state index in [-0.39, 0.29) is 0 Å². The fourth-order valence-corrected chi connectivity index (χ4v) is 1.89. The van der Waals surface area contributed by atoms with Crippen LogP contribution in [-0.2, 0) is 0 Å². The second-order valence-corrected chi connectivity index (χ2v) is 4.26. The van der Waals surface area contributed by atoms with E-state index in [1.807, 2.05) is 11.8 Å². The monoisotopic (exact) mass is 180 g/mol. The molecule has 0 aliphatic rings. The van der Waals surface area contributed by atoms with Gasteiger partial charge in [-0.2, -0.15) is 0 Å². The van der Waals surface area contributed by atoms with Gasteiger partial charge in [-0.1, -0.05) is 13.0 Å². The molecule has 0 N–H and O–H groups in total.